The van der Waals surface area contributed by atoms with Crippen LogP contribution in [0.5, 0.6) is 0 Å². The predicted octanol–water partition coefficient (Wildman–Crippen LogP) is 2.87. The van der Waals surface area contributed by atoms with Crippen molar-refractivity contribution in [2.75, 3.05) is 0 Å². The van der Waals surface area contributed by atoms with Crippen molar-refractivity contribution in [3.05, 3.63) is 53.6 Å². The van der Waals surface area contributed by atoms with Crippen LogP contribution in [0.25, 0.3) is 6.08 Å². The highest BCUT2D eigenvalue weighted by molar-refractivity contribution is 6.31. The zero-order chi connectivity index (χ0) is 14.2. The molecule has 1 atom stereocenters. The zero-order valence-electron chi connectivity index (χ0n) is 11.0. The Bertz CT molecular complexity index is 622. The molecule has 5 heteroatoms. The van der Waals surface area contributed by atoms with Crippen molar-refractivity contribution in [1.82, 2.24) is 14.8 Å². The van der Waals surface area contributed by atoms with Crippen LogP contribution in [0.2, 0.25) is 5.02 Å². The highest BCUT2D eigenvalue weighted by Gasteiger charge is 2.46. The van der Waals surface area contributed by atoms with Gasteiger partial charge in [0.25, 0.3) is 0 Å². The fraction of sp³-hybridized carbons (Fsp3) is 0.333. The van der Waals surface area contributed by atoms with Crippen LogP contribution in [0.15, 0.2) is 37.4 Å². The number of rotatable bonds is 5. The van der Waals surface area contributed by atoms with Crippen LogP contribution in [0.4, 0.5) is 0 Å². The Hall–Kier alpha value is -1.65. The summed E-state index contributed by atoms with van der Waals surface area (Å²) in [6.07, 6.45) is 6.83. The van der Waals surface area contributed by atoms with Crippen LogP contribution >= 0.6 is 11.6 Å². The predicted molar refractivity (Wildman–Crippen MR) is 78.2 cm³/mol. The van der Waals surface area contributed by atoms with E-state index in [1.165, 1.54) is 6.33 Å². The molecular weight excluding hydrogens is 274 g/mol. The van der Waals surface area contributed by atoms with E-state index in [1.807, 2.05) is 18.2 Å². The highest BCUT2D eigenvalue weighted by Crippen LogP contribution is 2.48. The molecule has 0 amide bonds. The van der Waals surface area contributed by atoms with Gasteiger partial charge in [-0.2, -0.15) is 5.10 Å². The SMILES string of the molecule is C=Cc1ccc(C(O)(Cn2cncn2)C2CC2)c(Cl)c1. The summed E-state index contributed by atoms with van der Waals surface area (Å²) in [5, 5.41) is 15.8. The van der Waals surface area contributed by atoms with Gasteiger partial charge in [0.2, 0.25) is 0 Å². The Labute approximate surface area is 122 Å². The Morgan fingerprint density at radius 3 is 2.85 bits per heavy atom. The second-order valence-corrected chi connectivity index (χ2v) is 5.64. The topological polar surface area (TPSA) is 50.9 Å². The van der Waals surface area contributed by atoms with Crippen LogP contribution in [-0.2, 0) is 12.1 Å². The molecule has 1 fully saturated rings. The van der Waals surface area contributed by atoms with Gasteiger partial charge in [-0.3, -0.25) is 0 Å². The van der Waals surface area contributed by atoms with Gasteiger partial charge in [0.05, 0.1) is 6.54 Å². The van der Waals surface area contributed by atoms with E-state index in [9.17, 15) is 5.11 Å². The molecule has 1 aromatic carbocycles. The highest BCUT2D eigenvalue weighted by atomic mass is 35.5. The molecule has 0 bridgehead atoms. The second kappa shape index (κ2) is 5.04. The van der Waals surface area contributed by atoms with Crippen molar-refractivity contribution in [2.24, 2.45) is 5.92 Å². The second-order valence-electron chi connectivity index (χ2n) is 5.23. The summed E-state index contributed by atoms with van der Waals surface area (Å²) in [7, 11) is 0. The number of hydrogen-bond donors (Lipinski definition) is 1. The van der Waals surface area contributed by atoms with Gasteiger partial charge in [-0.05, 0) is 30.4 Å². The van der Waals surface area contributed by atoms with E-state index < -0.39 is 5.60 Å². The molecule has 1 unspecified atom stereocenters. The Morgan fingerprint density at radius 1 is 1.50 bits per heavy atom. The van der Waals surface area contributed by atoms with Crippen molar-refractivity contribution >= 4 is 17.7 Å². The first-order chi connectivity index (χ1) is 9.63. The number of hydrogen-bond acceptors (Lipinski definition) is 3. The summed E-state index contributed by atoms with van der Waals surface area (Å²) < 4.78 is 1.65. The van der Waals surface area contributed by atoms with Crippen molar-refractivity contribution < 1.29 is 5.11 Å². The first-order valence-corrected chi connectivity index (χ1v) is 6.98. The molecule has 1 heterocycles. The first kappa shape index (κ1) is 13.3. The monoisotopic (exact) mass is 289 g/mol. The van der Waals surface area contributed by atoms with E-state index in [-0.39, 0.29) is 5.92 Å². The third kappa shape index (κ3) is 2.37. The summed E-state index contributed by atoms with van der Waals surface area (Å²) in [4.78, 5) is 3.92. The lowest BCUT2D eigenvalue weighted by atomic mass is 9.88. The smallest absolute Gasteiger partial charge is 0.137 e. The lowest BCUT2D eigenvalue weighted by molar-refractivity contribution is -0.00766. The van der Waals surface area contributed by atoms with Crippen LogP contribution in [0.1, 0.15) is 24.0 Å². The van der Waals surface area contributed by atoms with Gasteiger partial charge in [-0.25, -0.2) is 9.67 Å². The van der Waals surface area contributed by atoms with Gasteiger partial charge in [0, 0.05) is 10.6 Å². The molecule has 1 aromatic heterocycles. The van der Waals surface area contributed by atoms with Gasteiger partial charge in [-0.15, -0.1) is 0 Å². The average Bonchev–Trinajstić information content (AvgIpc) is 3.19. The summed E-state index contributed by atoms with van der Waals surface area (Å²) in [6.45, 7) is 4.09. The Balaban J connectivity index is 1.99. The maximum Gasteiger partial charge on any atom is 0.137 e. The maximum absolute atomic E-state index is 11.1. The normalized spacial score (nSPS) is 17.7. The number of aliphatic hydroxyl groups is 1. The molecule has 0 aliphatic heterocycles. The lowest BCUT2D eigenvalue weighted by Crippen LogP contribution is -2.34. The standard InChI is InChI=1S/C15H16ClN3O/c1-2-11-3-6-13(14(16)7-11)15(20,12-4-5-12)8-19-10-17-9-18-19/h2-3,6-7,9-10,12,20H,1,4-5,8H2. The molecule has 104 valence electrons. The van der Waals surface area contributed by atoms with Crippen LogP contribution in [-0.4, -0.2) is 19.9 Å². The summed E-state index contributed by atoms with van der Waals surface area (Å²) in [5.41, 5.74) is 0.699. The van der Waals surface area contributed by atoms with E-state index in [0.29, 0.717) is 11.6 Å². The number of halogens is 1. The van der Waals surface area contributed by atoms with Crippen molar-refractivity contribution in [1.29, 1.82) is 0 Å². The minimum absolute atomic E-state index is 0.221. The van der Waals surface area contributed by atoms with Crippen LogP contribution in [0, 0.1) is 5.92 Å². The van der Waals surface area contributed by atoms with E-state index in [4.69, 9.17) is 11.6 Å². The summed E-state index contributed by atoms with van der Waals surface area (Å²) in [6, 6.07) is 5.63. The minimum atomic E-state index is -0.996. The molecule has 3 rings (SSSR count). The van der Waals surface area contributed by atoms with Crippen LogP contribution in [0.3, 0.4) is 0 Å². The average molecular weight is 290 g/mol. The molecule has 0 radical (unpaired) electrons. The van der Waals surface area contributed by atoms with Gasteiger partial charge in [0.1, 0.15) is 18.3 Å². The van der Waals surface area contributed by atoms with E-state index in [0.717, 1.165) is 24.0 Å². The fourth-order valence-electron chi connectivity index (χ4n) is 2.57. The number of benzene rings is 1. The molecule has 0 saturated heterocycles. The van der Waals surface area contributed by atoms with E-state index in [1.54, 1.807) is 17.1 Å². The third-order valence-corrected chi connectivity index (χ3v) is 4.13. The molecule has 1 N–H and O–H groups in total. The third-order valence-electron chi connectivity index (χ3n) is 3.82. The van der Waals surface area contributed by atoms with Crippen molar-refractivity contribution in [3.8, 4) is 0 Å². The molecule has 1 saturated carbocycles. The molecule has 20 heavy (non-hydrogen) atoms. The quantitative estimate of drug-likeness (QED) is 0.921. The number of nitrogens with zero attached hydrogens (tertiary/aromatic N) is 3. The molecular formula is C15H16ClN3O. The largest absolute Gasteiger partial charge is 0.383 e. The minimum Gasteiger partial charge on any atom is -0.383 e. The molecule has 2 aromatic rings. The maximum atomic E-state index is 11.1. The zero-order valence-corrected chi connectivity index (χ0v) is 11.8. The van der Waals surface area contributed by atoms with E-state index in [2.05, 4.69) is 16.7 Å². The summed E-state index contributed by atoms with van der Waals surface area (Å²) >= 11 is 6.35. The first-order valence-electron chi connectivity index (χ1n) is 6.61. The Kier molecular flexibility index (Phi) is 3.36. The van der Waals surface area contributed by atoms with Gasteiger partial charge < -0.3 is 5.11 Å². The molecule has 1 aliphatic carbocycles. The lowest BCUT2D eigenvalue weighted by Gasteiger charge is -2.29. The van der Waals surface area contributed by atoms with Gasteiger partial charge in [-0.1, -0.05) is 36.4 Å². The van der Waals surface area contributed by atoms with E-state index >= 15 is 0 Å². The van der Waals surface area contributed by atoms with Gasteiger partial charge >= 0.3 is 0 Å². The Morgan fingerprint density at radius 2 is 2.30 bits per heavy atom. The fourth-order valence-corrected chi connectivity index (χ4v) is 2.92. The molecule has 0 spiro atoms. The van der Waals surface area contributed by atoms with Crippen molar-refractivity contribution in [3.63, 3.8) is 0 Å². The number of aromatic nitrogens is 3. The van der Waals surface area contributed by atoms with Crippen LogP contribution < -0.4 is 0 Å². The van der Waals surface area contributed by atoms with Crippen molar-refractivity contribution in [2.45, 2.75) is 25.0 Å². The molecule has 1 aliphatic rings. The summed E-state index contributed by atoms with van der Waals surface area (Å²) in [5.74, 6) is 0.221. The van der Waals surface area contributed by atoms with Gasteiger partial charge in [0.15, 0.2) is 0 Å². The molecule has 4 nitrogen and oxygen atoms in total.